The first-order chi connectivity index (χ1) is 11.8. The van der Waals surface area contributed by atoms with E-state index in [-0.39, 0.29) is 5.91 Å². The Balaban J connectivity index is 2.38. The predicted molar refractivity (Wildman–Crippen MR) is 90.4 cm³/mol. The first kappa shape index (κ1) is 18.5. The topological polar surface area (TPSA) is 24.7 Å². The van der Waals surface area contributed by atoms with Crippen LogP contribution in [0.5, 0.6) is 0 Å². The molecule has 1 amide bonds. The average Bonchev–Trinajstić information content (AvgIpc) is 2.61. The molecule has 0 saturated carbocycles. The van der Waals surface area contributed by atoms with Gasteiger partial charge in [0.25, 0.3) is 5.91 Å². The maximum Gasteiger partial charge on any atom is 0.407 e. The minimum atomic E-state index is -4.59. The molecule has 0 unspecified atom stereocenters. The Hall–Kier alpha value is -2.81. The minimum absolute atomic E-state index is 0.115. The van der Waals surface area contributed by atoms with Gasteiger partial charge in [-0.3, -0.25) is 4.79 Å². The van der Waals surface area contributed by atoms with Crippen LogP contribution in [-0.4, -0.2) is 23.9 Å². The minimum Gasteiger partial charge on any atom is -0.339 e. The molecule has 0 aliphatic rings. The Morgan fingerprint density at radius 3 is 2.08 bits per heavy atom. The van der Waals surface area contributed by atoms with Crippen molar-refractivity contribution >= 4 is 11.6 Å². The van der Waals surface area contributed by atoms with E-state index in [1.807, 2.05) is 13.8 Å². The molecule has 2 aromatic rings. The van der Waals surface area contributed by atoms with Crippen molar-refractivity contribution in [2.75, 3.05) is 13.1 Å². The van der Waals surface area contributed by atoms with Crippen LogP contribution >= 0.6 is 0 Å². The van der Waals surface area contributed by atoms with Crippen molar-refractivity contribution in [2.45, 2.75) is 20.0 Å². The maximum atomic E-state index is 13.1. The summed E-state index contributed by atoms with van der Waals surface area (Å²) in [6, 6.07) is 10.0. The van der Waals surface area contributed by atoms with Crippen LogP contribution in [-0.2, 0) is 6.18 Å². The number of benzene rings is 2. The second-order valence-electron chi connectivity index (χ2n) is 5.40. The van der Waals surface area contributed by atoms with E-state index in [0.29, 0.717) is 29.8 Å². The van der Waals surface area contributed by atoms with Gasteiger partial charge in [-0.2, -0.15) is 13.2 Å². The highest BCUT2D eigenvalue weighted by Gasteiger charge is 2.33. The number of hydrogen-bond acceptors (Lipinski definition) is 1. The van der Waals surface area contributed by atoms with Gasteiger partial charge in [0.05, 0.1) is 12.1 Å². The summed E-state index contributed by atoms with van der Waals surface area (Å²) in [7, 11) is 0. The highest BCUT2D eigenvalue weighted by Crippen LogP contribution is 2.38. The number of alkyl halides is 3. The molecular weight excluding hydrogens is 329 g/mol. The molecule has 6 heteroatoms. The summed E-state index contributed by atoms with van der Waals surface area (Å²) in [5.41, 5.74) is 0.00818. The Bertz CT molecular complexity index is 801. The van der Waals surface area contributed by atoms with Crippen LogP contribution in [0, 0.1) is 6.57 Å². The van der Waals surface area contributed by atoms with E-state index in [1.165, 1.54) is 12.1 Å². The SMILES string of the molecule is [C-]#[N+]c1ccc(-c2ccc(C(=O)N(CC)CC)cc2)cc1C(F)(F)F. The molecule has 130 valence electrons. The molecule has 2 aromatic carbocycles. The molecule has 0 saturated heterocycles. The monoisotopic (exact) mass is 346 g/mol. The van der Waals surface area contributed by atoms with Crippen LogP contribution in [0.4, 0.5) is 18.9 Å². The Morgan fingerprint density at radius 1 is 1.04 bits per heavy atom. The van der Waals surface area contributed by atoms with Crippen molar-refractivity contribution in [3.8, 4) is 11.1 Å². The highest BCUT2D eigenvalue weighted by molar-refractivity contribution is 5.94. The zero-order valence-corrected chi connectivity index (χ0v) is 13.9. The zero-order chi connectivity index (χ0) is 18.6. The van der Waals surface area contributed by atoms with E-state index in [1.54, 1.807) is 29.2 Å². The summed E-state index contributed by atoms with van der Waals surface area (Å²) < 4.78 is 39.2. The van der Waals surface area contributed by atoms with Crippen molar-refractivity contribution in [2.24, 2.45) is 0 Å². The summed E-state index contributed by atoms with van der Waals surface area (Å²) >= 11 is 0. The third-order valence-electron chi connectivity index (χ3n) is 3.94. The number of carbonyl (C=O) groups excluding carboxylic acids is 1. The number of amides is 1. The first-order valence-electron chi connectivity index (χ1n) is 7.80. The second-order valence-corrected chi connectivity index (χ2v) is 5.40. The smallest absolute Gasteiger partial charge is 0.339 e. The number of rotatable bonds is 4. The van der Waals surface area contributed by atoms with Gasteiger partial charge in [-0.05, 0) is 37.1 Å². The molecule has 0 aromatic heterocycles. The molecule has 0 N–H and O–H groups in total. The summed E-state index contributed by atoms with van der Waals surface area (Å²) in [6.45, 7) is 11.8. The van der Waals surface area contributed by atoms with Gasteiger partial charge in [0, 0.05) is 18.7 Å². The lowest BCUT2D eigenvalue weighted by Crippen LogP contribution is -2.30. The zero-order valence-electron chi connectivity index (χ0n) is 13.9. The molecule has 3 nitrogen and oxygen atoms in total. The molecule has 0 radical (unpaired) electrons. The van der Waals surface area contributed by atoms with Crippen molar-refractivity contribution in [1.82, 2.24) is 4.90 Å². The molecule has 0 fully saturated rings. The van der Waals surface area contributed by atoms with Gasteiger partial charge in [-0.15, -0.1) is 0 Å². The molecule has 0 atom stereocenters. The standard InChI is InChI=1S/C19H17F3N2O/c1-4-24(5-2)18(25)14-8-6-13(7-9-14)15-10-11-17(23-3)16(12-15)19(20,21)22/h6-12H,4-5H2,1-2H3. The fourth-order valence-corrected chi connectivity index (χ4v) is 2.54. The second kappa shape index (κ2) is 7.39. The van der Waals surface area contributed by atoms with Crippen LogP contribution < -0.4 is 0 Å². The van der Waals surface area contributed by atoms with Crippen molar-refractivity contribution in [3.05, 3.63) is 65.0 Å². The summed E-state index contributed by atoms with van der Waals surface area (Å²) in [5.74, 6) is -0.115. The van der Waals surface area contributed by atoms with Crippen LogP contribution in [0.15, 0.2) is 42.5 Å². The molecule has 2 rings (SSSR count). The lowest BCUT2D eigenvalue weighted by molar-refractivity contribution is -0.136. The van der Waals surface area contributed by atoms with Gasteiger partial charge < -0.3 is 4.90 Å². The van der Waals surface area contributed by atoms with Gasteiger partial charge >= 0.3 is 6.18 Å². The molecule has 0 bridgehead atoms. The normalized spacial score (nSPS) is 11.0. The predicted octanol–water partition coefficient (Wildman–Crippen LogP) is 5.41. The highest BCUT2D eigenvalue weighted by atomic mass is 19.4. The van der Waals surface area contributed by atoms with Crippen molar-refractivity contribution < 1.29 is 18.0 Å². The Kier molecular flexibility index (Phi) is 5.48. The van der Waals surface area contributed by atoms with Gasteiger partial charge in [0.15, 0.2) is 5.69 Å². The average molecular weight is 346 g/mol. The van der Waals surface area contributed by atoms with E-state index in [0.717, 1.165) is 6.07 Å². The summed E-state index contributed by atoms with van der Waals surface area (Å²) in [5, 5.41) is 0. The number of halogens is 3. The van der Waals surface area contributed by atoms with E-state index >= 15 is 0 Å². The largest absolute Gasteiger partial charge is 0.407 e. The molecule has 25 heavy (non-hydrogen) atoms. The van der Waals surface area contributed by atoms with Crippen LogP contribution in [0.3, 0.4) is 0 Å². The van der Waals surface area contributed by atoms with Crippen LogP contribution in [0.2, 0.25) is 0 Å². The number of carbonyl (C=O) groups is 1. The van der Waals surface area contributed by atoms with Crippen LogP contribution in [0.25, 0.3) is 16.0 Å². The fourth-order valence-electron chi connectivity index (χ4n) is 2.54. The molecule has 0 heterocycles. The van der Waals surface area contributed by atoms with E-state index < -0.39 is 17.4 Å². The molecule has 0 spiro atoms. The third kappa shape index (κ3) is 4.00. The fraction of sp³-hybridized carbons (Fsp3) is 0.263. The lowest BCUT2D eigenvalue weighted by Gasteiger charge is -2.18. The maximum absolute atomic E-state index is 13.1. The van der Waals surface area contributed by atoms with Crippen LogP contribution in [0.1, 0.15) is 29.8 Å². The quantitative estimate of drug-likeness (QED) is 0.680. The lowest BCUT2D eigenvalue weighted by atomic mass is 10.00. The number of hydrogen-bond donors (Lipinski definition) is 0. The molecule has 0 aliphatic carbocycles. The van der Waals surface area contributed by atoms with Gasteiger partial charge in [-0.1, -0.05) is 30.3 Å². The van der Waals surface area contributed by atoms with Crippen molar-refractivity contribution in [3.63, 3.8) is 0 Å². The van der Waals surface area contributed by atoms with Crippen molar-refractivity contribution in [1.29, 1.82) is 0 Å². The summed E-state index contributed by atoms with van der Waals surface area (Å²) in [6.07, 6.45) is -4.59. The Labute approximate surface area is 144 Å². The van der Waals surface area contributed by atoms with E-state index in [4.69, 9.17) is 6.57 Å². The molecular formula is C19H17F3N2O. The number of nitrogens with zero attached hydrogens (tertiary/aromatic N) is 2. The van der Waals surface area contributed by atoms with E-state index in [2.05, 4.69) is 4.85 Å². The third-order valence-corrected chi connectivity index (χ3v) is 3.94. The first-order valence-corrected chi connectivity index (χ1v) is 7.80. The summed E-state index contributed by atoms with van der Waals surface area (Å²) in [4.78, 5) is 16.9. The molecule has 0 aliphatic heterocycles. The van der Waals surface area contributed by atoms with Gasteiger partial charge in [0.2, 0.25) is 0 Å². The van der Waals surface area contributed by atoms with Gasteiger partial charge in [0.1, 0.15) is 0 Å². The van der Waals surface area contributed by atoms with Gasteiger partial charge in [-0.25, -0.2) is 4.85 Å². The Morgan fingerprint density at radius 2 is 1.60 bits per heavy atom. The van der Waals surface area contributed by atoms with E-state index in [9.17, 15) is 18.0 Å².